The maximum Gasteiger partial charge on any atom is 0.327 e. The first-order valence-electron chi connectivity index (χ1n) is 6.44. The van der Waals surface area contributed by atoms with E-state index in [0.29, 0.717) is 0 Å². The molecule has 1 N–H and O–H groups in total. The molecule has 116 valence electrons. The zero-order valence-corrected chi connectivity index (χ0v) is 11.8. The van der Waals surface area contributed by atoms with Crippen LogP contribution in [0.2, 0.25) is 0 Å². The van der Waals surface area contributed by atoms with Crippen LogP contribution in [0.4, 0.5) is 4.79 Å². The van der Waals surface area contributed by atoms with E-state index >= 15 is 0 Å². The Morgan fingerprint density at radius 2 is 2.05 bits per heavy atom. The molecule has 4 amide bonds. The normalized spacial score (nSPS) is 25.6. The van der Waals surface area contributed by atoms with Gasteiger partial charge in [0, 0.05) is 14.1 Å². The first-order valence-corrected chi connectivity index (χ1v) is 6.44. The van der Waals surface area contributed by atoms with Crippen molar-refractivity contribution in [2.75, 3.05) is 40.4 Å². The highest BCUT2D eigenvalue weighted by atomic mass is 16.5. The summed E-state index contributed by atoms with van der Waals surface area (Å²) in [6.45, 7) is -0.273. The number of carboxylic acids is 1. The molecule has 2 rings (SSSR count). The molecule has 0 saturated carbocycles. The van der Waals surface area contributed by atoms with Gasteiger partial charge < -0.3 is 19.6 Å². The number of ether oxygens (including phenoxy) is 1. The minimum Gasteiger partial charge on any atom is -0.481 e. The molecule has 0 aromatic heterocycles. The Morgan fingerprint density at radius 3 is 2.57 bits per heavy atom. The van der Waals surface area contributed by atoms with Gasteiger partial charge in [0.05, 0.1) is 19.3 Å². The third kappa shape index (κ3) is 2.82. The fourth-order valence-corrected chi connectivity index (χ4v) is 2.42. The van der Waals surface area contributed by atoms with E-state index < -0.39 is 35.8 Å². The molecule has 0 bridgehead atoms. The van der Waals surface area contributed by atoms with Crippen LogP contribution in [0.1, 0.15) is 0 Å². The maximum atomic E-state index is 12.2. The molecule has 0 spiro atoms. The molecule has 21 heavy (non-hydrogen) atoms. The molecule has 2 unspecified atom stereocenters. The number of hydrogen-bond acceptors (Lipinski definition) is 5. The number of amides is 4. The van der Waals surface area contributed by atoms with E-state index in [9.17, 15) is 19.2 Å². The Hall–Kier alpha value is -2.16. The van der Waals surface area contributed by atoms with Gasteiger partial charge >= 0.3 is 12.0 Å². The van der Waals surface area contributed by atoms with Crippen molar-refractivity contribution in [2.24, 2.45) is 5.92 Å². The molecule has 9 heteroatoms. The first kappa shape index (κ1) is 15.2. The lowest BCUT2D eigenvalue weighted by atomic mass is 10.0. The van der Waals surface area contributed by atoms with Crippen molar-refractivity contribution in [3.63, 3.8) is 0 Å². The van der Waals surface area contributed by atoms with Gasteiger partial charge in [-0.2, -0.15) is 0 Å². The Balaban J connectivity index is 2.01. The second-order valence-corrected chi connectivity index (χ2v) is 5.17. The van der Waals surface area contributed by atoms with Crippen LogP contribution >= 0.6 is 0 Å². The van der Waals surface area contributed by atoms with Gasteiger partial charge in [0.2, 0.25) is 5.91 Å². The van der Waals surface area contributed by atoms with Gasteiger partial charge in [0.15, 0.2) is 0 Å². The molecule has 2 fully saturated rings. The molecule has 0 radical (unpaired) electrons. The van der Waals surface area contributed by atoms with Crippen LogP contribution in [0.15, 0.2) is 0 Å². The summed E-state index contributed by atoms with van der Waals surface area (Å²) in [5.74, 6) is -2.77. The molecule has 9 nitrogen and oxygen atoms in total. The van der Waals surface area contributed by atoms with Crippen LogP contribution in [0, 0.1) is 5.92 Å². The lowest BCUT2D eigenvalue weighted by molar-refractivity contribution is -0.145. The molecule has 0 aliphatic carbocycles. The maximum absolute atomic E-state index is 12.2. The Bertz CT molecular complexity index is 493. The predicted molar refractivity (Wildman–Crippen MR) is 68.2 cm³/mol. The zero-order valence-electron chi connectivity index (χ0n) is 11.8. The number of hydrogen-bond donors (Lipinski definition) is 1. The molecular formula is C12H17N3O6. The van der Waals surface area contributed by atoms with Crippen LogP contribution in [-0.4, -0.2) is 90.1 Å². The van der Waals surface area contributed by atoms with Crippen molar-refractivity contribution in [3.05, 3.63) is 0 Å². The summed E-state index contributed by atoms with van der Waals surface area (Å²) < 4.78 is 5.10. The highest BCUT2D eigenvalue weighted by Gasteiger charge is 2.40. The number of urea groups is 1. The molecule has 2 saturated heterocycles. The van der Waals surface area contributed by atoms with Crippen LogP contribution in [0.25, 0.3) is 0 Å². The van der Waals surface area contributed by atoms with E-state index in [-0.39, 0.29) is 26.3 Å². The fraction of sp³-hybridized carbons (Fsp3) is 0.667. The monoisotopic (exact) mass is 299 g/mol. The number of carbonyl (C=O) groups is 4. The van der Waals surface area contributed by atoms with E-state index in [1.807, 2.05) is 0 Å². The molecule has 0 aromatic rings. The van der Waals surface area contributed by atoms with Gasteiger partial charge in [-0.05, 0) is 0 Å². The largest absolute Gasteiger partial charge is 0.481 e. The summed E-state index contributed by atoms with van der Waals surface area (Å²) in [6, 6.07) is -1.13. The Morgan fingerprint density at radius 1 is 1.38 bits per heavy atom. The van der Waals surface area contributed by atoms with Crippen molar-refractivity contribution in [2.45, 2.75) is 6.04 Å². The summed E-state index contributed by atoms with van der Waals surface area (Å²) in [7, 11) is 2.92. The first-order chi connectivity index (χ1) is 9.82. The fourth-order valence-electron chi connectivity index (χ4n) is 2.42. The third-order valence-corrected chi connectivity index (χ3v) is 3.78. The second-order valence-electron chi connectivity index (χ2n) is 5.17. The SMILES string of the molecule is CN1CC(=O)N(CC(=O)N(C)C2COCC2C(=O)O)C1=O. The molecule has 0 aromatic carbocycles. The third-order valence-electron chi connectivity index (χ3n) is 3.78. The van der Waals surface area contributed by atoms with Crippen LogP contribution < -0.4 is 0 Å². The van der Waals surface area contributed by atoms with E-state index in [1.54, 1.807) is 0 Å². The van der Waals surface area contributed by atoms with Gasteiger partial charge in [-0.1, -0.05) is 0 Å². The van der Waals surface area contributed by atoms with E-state index in [2.05, 4.69) is 0 Å². The van der Waals surface area contributed by atoms with Crippen LogP contribution in [0.3, 0.4) is 0 Å². The summed E-state index contributed by atoms with van der Waals surface area (Å²) in [5.41, 5.74) is 0. The molecule has 2 aliphatic heterocycles. The lowest BCUT2D eigenvalue weighted by Gasteiger charge is -2.27. The van der Waals surface area contributed by atoms with E-state index in [1.165, 1.54) is 23.9 Å². The van der Waals surface area contributed by atoms with Gasteiger partial charge in [0.25, 0.3) is 5.91 Å². The summed E-state index contributed by atoms with van der Waals surface area (Å²) in [5, 5.41) is 9.07. The van der Waals surface area contributed by atoms with Crippen LogP contribution in [-0.2, 0) is 19.1 Å². The summed E-state index contributed by atoms with van der Waals surface area (Å²) in [4.78, 5) is 49.9. The minimum atomic E-state index is -1.04. The van der Waals surface area contributed by atoms with Gasteiger partial charge in [-0.25, -0.2) is 4.79 Å². The van der Waals surface area contributed by atoms with Crippen molar-refractivity contribution < 1.29 is 29.0 Å². The molecule has 2 heterocycles. The van der Waals surface area contributed by atoms with Crippen LogP contribution in [0.5, 0.6) is 0 Å². The zero-order chi connectivity index (χ0) is 15.7. The van der Waals surface area contributed by atoms with Gasteiger partial charge in [-0.15, -0.1) is 0 Å². The topological polar surface area (TPSA) is 107 Å². The average molecular weight is 299 g/mol. The molecule has 2 aliphatic rings. The number of nitrogens with zero attached hydrogens (tertiary/aromatic N) is 3. The van der Waals surface area contributed by atoms with Gasteiger partial charge in [0.1, 0.15) is 19.0 Å². The smallest absolute Gasteiger partial charge is 0.327 e. The minimum absolute atomic E-state index is 0.0436. The van der Waals surface area contributed by atoms with Gasteiger partial charge in [-0.3, -0.25) is 19.3 Å². The summed E-state index contributed by atoms with van der Waals surface area (Å²) >= 11 is 0. The second kappa shape index (κ2) is 5.68. The highest BCUT2D eigenvalue weighted by Crippen LogP contribution is 2.19. The lowest BCUT2D eigenvalue weighted by Crippen LogP contribution is -2.49. The van der Waals surface area contributed by atoms with E-state index in [0.717, 1.165) is 4.90 Å². The number of likely N-dealkylation sites (N-methyl/N-ethyl adjacent to an activating group) is 2. The number of rotatable bonds is 4. The average Bonchev–Trinajstić information content (AvgIpc) is 2.99. The van der Waals surface area contributed by atoms with Crippen molar-refractivity contribution in [1.82, 2.24) is 14.7 Å². The predicted octanol–water partition coefficient (Wildman–Crippen LogP) is -1.56. The standard InChI is InChI=1S/C12H17N3O6/c1-13-3-10(17)15(12(13)20)4-9(16)14(2)8-6-21-5-7(8)11(18)19/h7-8H,3-6H2,1-2H3,(H,18,19). The summed E-state index contributed by atoms with van der Waals surface area (Å²) in [6.07, 6.45) is 0. The highest BCUT2D eigenvalue weighted by molar-refractivity contribution is 6.04. The molecule has 2 atom stereocenters. The van der Waals surface area contributed by atoms with E-state index in [4.69, 9.17) is 9.84 Å². The quantitative estimate of drug-likeness (QED) is 0.629. The Kier molecular flexibility index (Phi) is 4.12. The molecular weight excluding hydrogens is 282 g/mol. The number of carboxylic acid groups (broad SMARTS) is 1. The van der Waals surface area contributed by atoms with Crippen molar-refractivity contribution >= 4 is 23.8 Å². The van der Waals surface area contributed by atoms with Crippen molar-refractivity contribution in [3.8, 4) is 0 Å². The number of carbonyl (C=O) groups excluding carboxylic acids is 3. The Labute approximate surface area is 121 Å². The van der Waals surface area contributed by atoms with Crippen molar-refractivity contribution in [1.29, 1.82) is 0 Å². The number of imide groups is 1. The number of aliphatic carboxylic acids is 1.